The molecule has 2 aromatic carbocycles. The number of pyridine rings is 1. The lowest BCUT2D eigenvalue weighted by Crippen LogP contribution is -1.95. The van der Waals surface area contributed by atoms with Crippen LogP contribution < -0.4 is 4.74 Å². The molecule has 0 aliphatic rings. The maximum absolute atomic E-state index is 10.8. The summed E-state index contributed by atoms with van der Waals surface area (Å²) in [5.41, 5.74) is 0.225. The Balaban J connectivity index is 1.95. The van der Waals surface area contributed by atoms with Crippen LogP contribution in [0, 0.1) is 0 Å². The summed E-state index contributed by atoms with van der Waals surface area (Å²) in [4.78, 5) is 15.0. The van der Waals surface area contributed by atoms with Gasteiger partial charge in [0.2, 0.25) is 5.88 Å². The molecule has 1 aromatic heterocycles. The van der Waals surface area contributed by atoms with E-state index in [2.05, 4.69) is 4.98 Å². The van der Waals surface area contributed by atoms with Gasteiger partial charge in [0.25, 0.3) is 0 Å². The molecule has 4 heteroatoms. The van der Waals surface area contributed by atoms with E-state index in [4.69, 9.17) is 9.84 Å². The highest BCUT2D eigenvalue weighted by Gasteiger charge is 2.06. The van der Waals surface area contributed by atoms with Gasteiger partial charge >= 0.3 is 5.97 Å². The zero-order valence-corrected chi connectivity index (χ0v) is 10.5. The maximum Gasteiger partial charge on any atom is 0.335 e. The minimum atomic E-state index is -0.958. The zero-order chi connectivity index (χ0) is 13.9. The summed E-state index contributed by atoms with van der Waals surface area (Å²) in [5, 5.41) is 10.8. The van der Waals surface area contributed by atoms with Crippen LogP contribution in [-0.2, 0) is 0 Å². The third-order valence-electron chi connectivity index (χ3n) is 2.95. The van der Waals surface area contributed by atoms with Crippen LogP contribution in [0.15, 0.2) is 60.8 Å². The number of fused-ring (bicyclic) bond motifs is 1. The summed E-state index contributed by atoms with van der Waals surface area (Å²) in [6, 6.07) is 15.9. The van der Waals surface area contributed by atoms with Crippen molar-refractivity contribution in [2.45, 2.75) is 0 Å². The molecule has 4 nitrogen and oxygen atoms in total. The highest BCUT2D eigenvalue weighted by atomic mass is 16.5. The first-order valence-corrected chi connectivity index (χ1v) is 6.09. The van der Waals surface area contributed by atoms with E-state index in [1.165, 1.54) is 12.1 Å². The molecule has 0 aliphatic carbocycles. The Morgan fingerprint density at radius 3 is 2.50 bits per heavy atom. The number of hydrogen-bond donors (Lipinski definition) is 1. The van der Waals surface area contributed by atoms with Crippen molar-refractivity contribution in [2.75, 3.05) is 0 Å². The summed E-state index contributed by atoms with van der Waals surface area (Å²) < 4.78 is 5.72. The molecular formula is C16H11NO3. The van der Waals surface area contributed by atoms with Gasteiger partial charge in [0.05, 0.1) is 5.56 Å². The summed E-state index contributed by atoms with van der Waals surface area (Å²) in [5.74, 6) is 0.102. The van der Waals surface area contributed by atoms with Crippen LogP contribution in [0.1, 0.15) is 10.4 Å². The predicted molar refractivity (Wildman–Crippen MR) is 75.2 cm³/mol. The quantitative estimate of drug-likeness (QED) is 0.784. The third-order valence-corrected chi connectivity index (χ3v) is 2.95. The van der Waals surface area contributed by atoms with E-state index in [9.17, 15) is 4.79 Å². The molecule has 0 fully saturated rings. The van der Waals surface area contributed by atoms with E-state index in [-0.39, 0.29) is 5.56 Å². The number of carboxylic acids is 1. The van der Waals surface area contributed by atoms with Crippen LogP contribution in [0.4, 0.5) is 0 Å². The molecule has 0 amide bonds. The molecule has 98 valence electrons. The minimum Gasteiger partial charge on any atom is -0.478 e. The first-order chi connectivity index (χ1) is 9.74. The Morgan fingerprint density at radius 1 is 1.00 bits per heavy atom. The van der Waals surface area contributed by atoms with E-state index in [0.29, 0.717) is 11.6 Å². The second-order valence-corrected chi connectivity index (χ2v) is 4.27. The van der Waals surface area contributed by atoms with Gasteiger partial charge in [0.15, 0.2) is 0 Å². The molecule has 0 bridgehead atoms. The fraction of sp³-hybridized carbons (Fsp3) is 0. The Labute approximate surface area is 115 Å². The summed E-state index contributed by atoms with van der Waals surface area (Å²) in [6.45, 7) is 0. The van der Waals surface area contributed by atoms with E-state index in [0.717, 1.165) is 10.8 Å². The topological polar surface area (TPSA) is 59.4 Å². The van der Waals surface area contributed by atoms with Crippen LogP contribution >= 0.6 is 0 Å². The third kappa shape index (κ3) is 2.31. The fourth-order valence-electron chi connectivity index (χ4n) is 1.95. The zero-order valence-electron chi connectivity index (χ0n) is 10.5. The highest BCUT2D eigenvalue weighted by molar-refractivity contribution is 5.88. The van der Waals surface area contributed by atoms with Crippen LogP contribution in [0.5, 0.6) is 11.6 Å². The molecule has 20 heavy (non-hydrogen) atoms. The van der Waals surface area contributed by atoms with Crippen molar-refractivity contribution in [2.24, 2.45) is 0 Å². The number of carbonyl (C=O) groups is 1. The number of aromatic carboxylic acids is 1. The number of carboxylic acid groups (broad SMARTS) is 1. The number of aromatic nitrogens is 1. The average molecular weight is 265 g/mol. The molecule has 0 spiro atoms. The summed E-state index contributed by atoms with van der Waals surface area (Å²) in [7, 11) is 0. The van der Waals surface area contributed by atoms with Crippen molar-refractivity contribution < 1.29 is 14.6 Å². The normalized spacial score (nSPS) is 10.4. The van der Waals surface area contributed by atoms with Gasteiger partial charge in [-0.05, 0) is 41.8 Å². The van der Waals surface area contributed by atoms with Gasteiger partial charge in [0, 0.05) is 11.6 Å². The van der Waals surface area contributed by atoms with Crippen LogP contribution in [0.25, 0.3) is 10.8 Å². The molecule has 0 atom stereocenters. The lowest BCUT2D eigenvalue weighted by molar-refractivity contribution is 0.0697. The molecular weight excluding hydrogens is 254 g/mol. The number of ether oxygens (including phenoxy) is 1. The SMILES string of the molecule is O=C(O)c1ccc(Oc2nccc3ccccc23)cc1. The number of benzene rings is 2. The van der Waals surface area contributed by atoms with Gasteiger partial charge < -0.3 is 9.84 Å². The first kappa shape index (κ1) is 12.2. The minimum absolute atomic E-state index is 0.225. The highest BCUT2D eigenvalue weighted by Crippen LogP contribution is 2.27. The van der Waals surface area contributed by atoms with Crippen molar-refractivity contribution in [1.29, 1.82) is 0 Å². The Hall–Kier alpha value is -2.88. The molecule has 0 saturated heterocycles. The van der Waals surface area contributed by atoms with Crippen LogP contribution in [-0.4, -0.2) is 16.1 Å². The second-order valence-electron chi connectivity index (χ2n) is 4.27. The largest absolute Gasteiger partial charge is 0.478 e. The van der Waals surface area contributed by atoms with Crippen molar-refractivity contribution in [3.8, 4) is 11.6 Å². The summed E-state index contributed by atoms with van der Waals surface area (Å²) in [6.07, 6.45) is 1.68. The van der Waals surface area contributed by atoms with E-state index in [1.807, 2.05) is 30.3 Å². The first-order valence-electron chi connectivity index (χ1n) is 6.09. The van der Waals surface area contributed by atoms with E-state index < -0.39 is 5.97 Å². The number of hydrogen-bond acceptors (Lipinski definition) is 3. The van der Waals surface area contributed by atoms with Crippen LogP contribution in [0.2, 0.25) is 0 Å². The second kappa shape index (κ2) is 5.01. The average Bonchev–Trinajstić information content (AvgIpc) is 2.48. The summed E-state index contributed by atoms with van der Waals surface area (Å²) >= 11 is 0. The smallest absolute Gasteiger partial charge is 0.335 e. The van der Waals surface area contributed by atoms with Gasteiger partial charge in [-0.1, -0.05) is 18.2 Å². The Bertz CT molecular complexity index is 761. The molecule has 0 saturated carbocycles. The lowest BCUT2D eigenvalue weighted by atomic mass is 10.2. The Morgan fingerprint density at radius 2 is 1.75 bits per heavy atom. The molecule has 0 unspecified atom stereocenters. The molecule has 1 N–H and O–H groups in total. The Kier molecular flexibility index (Phi) is 3.05. The molecule has 0 aliphatic heterocycles. The molecule has 1 heterocycles. The number of nitrogens with zero attached hydrogens (tertiary/aromatic N) is 1. The van der Waals surface area contributed by atoms with Crippen molar-refractivity contribution in [3.63, 3.8) is 0 Å². The van der Waals surface area contributed by atoms with Crippen molar-refractivity contribution in [1.82, 2.24) is 4.98 Å². The molecule has 3 rings (SSSR count). The maximum atomic E-state index is 10.8. The van der Waals surface area contributed by atoms with Crippen LogP contribution in [0.3, 0.4) is 0 Å². The standard InChI is InChI=1S/C16H11NO3/c18-16(19)12-5-7-13(8-6-12)20-15-14-4-2-1-3-11(14)9-10-17-15/h1-10H,(H,18,19). The van der Waals surface area contributed by atoms with Crippen molar-refractivity contribution >= 4 is 16.7 Å². The monoisotopic (exact) mass is 265 g/mol. The molecule has 3 aromatic rings. The lowest BCUT2D eigenvalue weighted by Gasteiger charge is -2.07. The van der Waals surface area contributed by atoms with Gasteiger partial charge in [-0.2, -0.15) is 0 Å². The number of rotatable bonds is 3. The molecule has 0 radical (unpaired) electrons. The van der Waals surface area contributed by atoms with Gasteiger partial charge in [-0.25, -0.2) is 9.78 Å². The fourth-order valence-corrected chi connectivity index (χ4v) is 1.95. The van der Waals surface area contributed by atoms with E-state index >= 15 is 0 Å². The predicted octanol–water partition coefficient (Wildman–Crippen LogP) is 3.73. The van der Waals surface area contributed by atoms with Gasteiger partial charge in [0.1, 0.15) is 5.75 Å². The van der Waals surface area contributed by atoms with Gasteiger partial charge in [-0.15, -0.1) is 0 Å². The van der Waals surface area contributed by atoms with E-state index in [1.54, 1.807) is 18.3 Å². The van der Waals surface area contributed by atoms with Gasteiger partial charge in [-0.3, -0.25) is 0 Å². The van der Waals surface area contributed by atoms with Crippen molar-refractivity contribution in [3.05, 3.63) is 66.4 Å².